The van der Waals surface area contributed by atoms with Crippen LogP contribution in [0.4, 0.5) is 5.82 Å². The lowest BCUT2D eigenvalue weighted by molar-refractivity contribution is -0.128. The summed E-state index contributed by atoms with van der Waals surface area (Å²) in [6.07, 6.45) is 4.93. The highest BCUT2D eigenvalue weighted by molar-refractivity contribution is 7.18. The van der Waals surface area contributed by atoms with Gasteiger partial charge in [-0.3, -0.25) is 4.79 Å². The first-order chi connectivity index (χ1) is 10.6. The van der Waals surface area contributed by atoms with Crippen molar-refractivity contribution in [1.82, 2.24) is 14.9 Å². The Labute approximate surface area is 134 Å². The average molecular weight is 316 g/mol. The molecular weight excluding hydrogens is 296 g/mol. The minimum absolute atomic E-state index is 0.0174. The second-order valence-electron chi connectivity index (χ2n) is 4.92. The van der Waals surface area contributed by atoms with E-state index in [1.54, 1.807) is 28.4 Å². The van der Waals surface area contributed by atoms with E-state index in [1.165, 1.54) is 11.2 Å². The molecule has 5 nitrogen and oxygen atoms in total. The minimum atomic E-state index is -0.0174. The lowest BCUT2D eigenvalue weighted by Gasteiger charge is -2.19. The minimum Gasteiger partial charge on any atom is -0.360 e. The molecule has 2 aromatic rings. The second-order valence-corrected chi connectivity index (χ2v) is 6.12. The Morgan fingerprint density at radius 3 is 2.64 bits per heavy atom. The van der Waals surface area contributed by atoms with Gasteiger partial charge in [0.2, 0.25) is 5.91 Å². The van der Waals surface area contributed by atoms with Gasteiger partial charge in [-0.25, -0.2) is 9.97 Å². The molecule has 0 aliphatic rings. The average Bonchev–Trinajstić information content (AvgIpc) is 2.80. The zero-order valence-corrected chi connectivity index (χ0v) is 13.7. The molecule has 0 radical (unpaired) electrons. The van der Waals surface area contributed by atoms with Gasteiger partial charge >= 0.3 is 0 Å². The molecule has 0 atom stereocenters. The molecule has 0 aromatic carbocycles. The largest absolute Gasteiger partial charge is 0.360 e. The monoisotopic (exact) mass is 316 g/mol. The van der Waals surface area contributed by atoms with Crippen LogP contribution in [0.3, 0.4) is 0 Å². The molecule has 0 saturated heterocycles. The number of aryl methyl sites for hydroxylation is 2. The van der Waals surface area contributed by atoms with Crippen molar-refractivity contribution >= 4 is 33.3 Å². The van der Waals surface area contributed by atoms with Crippen molar-refractivity contribution < 1.29 is 4.79 Å². The third kappa shape index (κ3) is 3.33. The number of amides is 1. The summed E-state index contributed by atoms with van der Waals surface area (Å²) in [5.74, 6) is 0.688. The molecule has 0 bridgehead atoms. The Morgan fingerprint density at radius 2 is 2.00 bits per heavy atom. The lowest BCUT2D eigenvalue weighted by Crippen LogP contribution is -2.35. The number of thiophene rings is 1. The van der Waals surface area contributed by atoms with Gasteiger partial charge in [-0.2, -0.15) is 0 Å². The van der Waals surface area contributed by atoms with E-state index >= 15 is 0 Å². The van der Waals surface area contributed by atoms with Crippen LogP contribution in [0.25, 0.3) is 10.2 Å². The van der Waals surface area contributed by atoms with Crippen molar-refractivity contribution in [3.05, 3.63) is 42.1 Å². The topological polar surface area (TPSA) is 58.1 Å². The first-order valence-corrected chi connectivity index (χ1v) is 7.84. The van der Waals surface area contributed by atoms with Crippen LogP contribution in [0.2, 0.25) is 0 Å². The summed E-state index contributed by atoms with van der Waals surface area (Å²) in [7, 11) is 0. The third-order valence-corrected chi connectivity index (χ3v) is 4.54. The Bertz CT molecular complexity index is 697. The van der Waals surface area contributed by atoms with E-state index in [-0.39, 0.29) is 12.5 Å². The smallest absolute Gasteiger partial charge is 0.242 e. The van der Waals surface area contributed by atoms with Crippen molar-refractivity contribution in [2.45, 2.75) is 13.8 Å². The van der Waals surface area contributed by atoms with E-state index in [1.807, 2.05) is 6.92 Å². The van der Waals surface area contributed by atoms with E-state index in [0.717, 1.165) is 15.8 Å². The first-order valence-electron chi connectivity index (χ1n) is 7.02. The second kappa shape index (κ2) is 7.17. The fraction of sp³-hybridized carbons (Fsp3) is 0.312. The fourth-order valence-electron chi connectivity index (χ4n) is 2.18. The van der Waals surface area contributed by atoms with Crippen LogP contribution >= 0.6 is 11.3 Å². The van der Waals surface area contributed by atoms with Gasteiger partial charge < -0.3 is 10.2 Å². The number of carbonyl (C=O) groups excluding carboxylic acids is 1. The van der Waals surface area contributed by atoms with Crippen LogP contribution in [0.5, 0.6) is 0 Å². The SMILES string of the molecule is C=CCN(CC=C)C(=O)CNc1ncnc2sc(C)c(C)c12. The lowest BCUT2D eigenvalue weighted by atomic mass is 10.2. The molecule has 2 heterocycles. The summed E-state index contributed by atoms with van der Waals surface area (Å²) in [5, 5.41) is 4.13. The zero-order chi connectivity index (χ0) is 16.1. The number of rotatable bonds is 7. The normalized spacial score (nSPS) is 10.5. The maximum atomic E-state index is 12.2. The standard InChI is InChI=1S/C16H20N4OS/c1-5-7-20(8-6-2)13(21)9-17-15-14-11(3)12(4)22-16(14)19-10-18-15/h5-6,10H,1-2,7-9H2,3-4H3,(H,17,18,19). The summed E-state index contributed by atoms with van der Waals surface area (Å²) in [5.41, 5.74) is 1.16. The molecule has 1 amide bonds. The highest BCUT2D eigenvalue weighted by Crippen LogP contribution is 2.32. The van der Waals surface area contributed by atoms with Gasteiger partial charge in [0.25, 0.3) is 0 Å². The Kier molecular flexibility index (Phi) is 5.27. The molecular formula is C16H20N4OS. The number of fused-ring (bicyclic) bond motifs is 1. The Balaban J connectivity index is 2.16. The van der Waals surface area contributed by atoms with Crippen LogP contribution in [-0.4, -0.2) is 40.4 Å². The van der Waals surface area contributed by atoms with Gasteiger partial charge in [0, 0.05) is 18.0 Å². The van der Waals surface area contributed by atoms with Crippen LogP contribution in [0.15, 0.2) is 31.6 Å². The number of nitrogens with zero attached hydrogens (tertiary/aromatic N) is 3. The molecule has 0 aliphatic carbocycles. The maximum absolute atomic E-state index is 12.2. The molecule has 22 heavy (non-hydrogen) atoms. The van der Waals surface area contributed by atoms with Gasteiger partial charge in [-0.15, -0.1) is 24.5 Å². The molecule has 6 heteroatoms. The summed E-state index contributed by atoms with van der Waals surface area (Å²) < 4.78 is 0. The van der Waals surface area contributed by atoms with Crippen molar-refractivity contribution in [2.24, 2.45) is 0 Å². The van der Waals surface area contributed by atoms with E-state index in [0.29, 0.717) is 18.9 Å². The van der Waals surface area contributed by atoms with Crippen molar-refractivity contribution in [2.75, 3.05) is 25.0 Å². The highest BCUT2D eigenvalue weighted by Gasteiger charge is 2.14. The summed E-state index contributed by atoms with van der Waals surface area (Å²) in [6.45, 7) is 12.6. The van der Waals surface area contributed by atoms with Crippen LogP contribution in [-0.2, 0) is 4.79 Å². The number of hydrogen-bond donors (Lipinski definition) is 1. The Hall–Kier alpha value is -2.21. The molecule has 0 spiro atoms. The number of aromatic nitrogens is 2. The first kappa shape index (κ1) is 16.2. The van der Waals surface area contributed by atoms with Gasteiger partial charge in [0.15, 0.2) is 0 Å². The summed E-state index contributed by atoms with van der Waals surface area (Å²) >= 11 is 1.64. The predicted octanol–water partition coefficient (Wildman–Crippen LogP) is 2.92. The molecule has 2 rings (SSSR count). The van der Waals surface area contributed by atoms with E-state index in [4.69, 9.17) is 0 Å². The molecule has 0 fully saturated rings. The summed E-state index contributed by atoms with van der Waals surface area (Å²) in [4.78, 5) is 24.6. The quantitative estimate of drug-likeness (QED) is 0.798. The zero-order valence-electron chi connectivity index (χ0n) is 12.9. The van der Waals surface area contributed by atoms with E-state index in [9.17, 15) is 4.79 Å². The van der Waals surface area contributed by atoms with Crippen LogP contribution in [0, 0.1) is 13.8 Å². The van der Waals surface area contributed by atoms with Gasteiger partial charge in [-0.1, -0.05) is 12.2 Å². The van der Waals surface area contributed by atoms with E-state index in [2.05, 4.69) is 35.4 Å². The van der Waals surface area contributed by atoms with Gasteiger partial charge in [-0.05, 0) is 19.4 Å². The summed E-state index contributed by atoms with van der Waals surface area (Å²) in [6, 6.07) is 0. The number of hydrogen-bond acceptors (Lipinski definition) is 5. The highest BCUT2D eigenvalue weighted by atomic mass is 32.1. The molecule has 0 aliphatic heterocycles. The number of carbonyl (C=O) groups is 1. The Morgan fingerprint density at radius 1 is 1.32 bits per heavy atom. The fourth-order valence-corrected chi connectivity index (χ4v) is 3.17. The molecule has 1 N–H and O–H groups in total. The van der Waals surface area contributed by atoms with Crippen molar-refractivity contribution in [3.8, 4) is 0 Å². The third-order valence-electron chi connectivity index (χ3n) is 3.42. The van der Waals surface area contributed by atoms with Gasteiger partial charge in [0.1, 0.15) is 17.0 Å². The number of anilines is 1. The predicted molar refractivity (Wildman–Crippen MR) is 92.4 cm³/mol. The van der Waals surface area contributed by atoms with Crippen LogP contribution < -0.4 is 5.32 Å². The molecule has 2 aromatic heterocycles. The van der Waals surface area contributed by atoms with Crippen molar-refractivity contribution in [1.29, 1.82) is 0 Å². The number of nitrogens with one attached hydrogen (secondary N) is 1. The van der Waals surface area contributed by atoms with Crippen LogP contribution in [0.1, 0.15) is 10.4 Å². The van der Waals surface area contributed by atoms with Crippen molar-refractivity contribution in [3.63, 3.8) is 0 Å². The molecule has 0 saturated carbocycles. The molecule has 116 valence electrons. The molecule has 0 unspecified atom stereocenters. The maximum Gasteiger partial charge on any atom is 0.242 e. The van der Waals surface area contributed by atoms with Gasteiger partial charge in [0.05, 0.1) is 11.9 Å². The van der Waals surface area contributed by atoms with E-state index < -0.39 is 0 Å².